The number of halogens is 1. The van der Waals surface area contributed by atoms with E-state index in [2.05, 4.69) is 0 Å². The average molecular weight is 137 g/mol. The molecule has 42 valence electrons. The molecule has 0 atom stereocenters. The van der Waals surface area contributed by atoms with E-state index in [4.69, 9.17) is 16.3 Å². The molecule has 7 heavy (non-hydrogen) atoms. The van der Waals surface area contributed by atoms with Gasteiger partial charge in [0.25, 0.3) is 0 Å². The van der Waals surface area contributed by atoms with Crippen LogP contribution in [0.1, 0.15) is 0 Å². The SMILES string of the molecule is COC[SiH2]C=CCl. The number of rotatable bonds is 3. The van der Waals surface area contributed by atoms with E-state index in [1.165, 1.54) is 0 Å². The van der Waals surface area contributed by atoms with Crippen molar-refractivity contribution in [2.24, 2.45) is 0 Å². The molecule has 0 spiro atoms. The minimum absolute atomic E-state index is 0.123. The maximum absolute atomic E-state index is 5.24. The van der Waals surface area contributed by atoms with Crippen molar-refractivity contribution in [1.82, 2.24) is 0 Å². The molecule has 3 heteroatoms. The standard InChI is InChI=1S/C4H9ClOSi/c1-6-4-7-3-2-5/h2-3H,4,7H2,1H3. The Bertz CT molecular complexity index is 55.7. The number of hydrogen-bond acceptors (Lipinski definition) is 1. The monoisotopic (exact) mass is 136 g/mol. The summed E-state index contributed by atoms with van der Waals surface area (Å²) < 4.78 is 4.80. The van der Waals surface area contributed by atoms with Crippen LogP contribution in [-0.4, -0.2) is 22.9 Å². The van der Waals surface area contributed by atoms with Gasteiger partial charge in [-0.2, -0.15) is 0 Å². The lowest BCUT2D eigenvalue weighted by molar-refractivity contribution is 0.252. The van der Waals surface area contributed by atoms with Gasteiger partial charge in [-0.25, -0.2) is 0 Å². The topological polar surface area (TPSA) is 9.23 Å². The molecule has 1 nitrogen and oxygen atoms in total. The highest BCUT2D eigenvalue weighted by atomic mass is 35.5. The first kappa shape index (κ1) is 7.21. The van der Waals surface area contributed by atoms with Gasteiger partial charge >= 0.3 is 0 Å². The molecule has 0 unspecified atom stereocenters. The predicted octanol–water partition coefficient (Wildman–Crippen LogP) is 0.469. The van der Waals surface area contributed by atoms with E-state index >= 15 is 0 Å². The second kappa shape index (κ2) is 6.21. The summed E-state index contributed by atoms with van der Waals surface area (Å²) in [5.41, 5.74) is 3.55. The van der Waals surface area contributed by atoms with Gasteiger partial charge in [0.05, 0.1) is 9.52 Å². The molecular weight excluding hydrogens is 128 g/mol. The molecule has 0 fully saturated rings. The molecule has 0 aromatic carbocycles. The van der Waals surface area contributed by atoms with E-state index < -0.39 is 0 Å². The molecule has 0 bridgehead atoms. The van der Waals surface area contributed by atoms with E-state index in [0.717, 1.165) is 6.23 Å². The molecule has 0 aliphatic carbocycles. The van der Waals surface area contributed by atoms with E-state index in [9.17, 15) is 0 Å². The Kier molecular flexibility index (Phi) is 6.39. The second-order valence-corrected chi connectivity index (χ2v) is 2.85. The molecule has 0 amide bonds. The molecular formula is C4H9ClOSi. The summed E-state index contributed by atoms with van der Waals surface area (Å²) >= 11 is 5.24. The third kappa shape index (κ3) is 6.21. The smallest absolute Gasteiger partial charge is 0.0768 e. The molecule has 0 aromatic heterocycles. The van der Waals surface area contributed by atoms with Gasteiger partial charge < -0.3 is 4.74 Å². The minimum atomic E-state index is -0.123. The first-order valence-corrected chi connectivity index (χ1v) is 4.41. The van der Waals surface area contributed by atoms with Crippen molar-refractivity contribution in [3.05, 3.63) is 11.2 Å². The van der Waals surface area contributed by atoms with Crippen molar-refractivity contribution in [1.29, 1.82) is 0 Å². The third-order valence-electron chi connectivity index (χ3n) is 0.578. The number of methoxy groups -OCH3 is 1. The van der Waals surface area contributed by atoms with Gasteiger partial charge in [-0.05, 0) is 5.54 Å². The third-order valence-corrected chi connectivity index (χ3v) is 2.27. The molecule has 0 radical (unpaired) electrons. The quantitative estimate of drug-likeness (QED) is 0.405. The molecule has 0 aliphatic rings. The Balaban J connectivity index is 2.69. The van der Waals surface area contributed by atoms with Gasteiger partial charge in [-0.3, -0.25) is 0 Å². The highest BCUT2D eigenvalue weighted by molar-refractivity contribution is 6.44. The predicted molar refractivity (Wildman–Crippen MR) is 35.4 cm³/mol. The second-order valence-electron chi connectivity index (χ2n) is 1.14. The lowest BCUT2D eigenvalue weighted by Gasteiger charge is -1.86. The van der Waals surface area contributed by atoms with Crippen molar-refractivity contribution < 1.29 is 4.74 Å². The van der Waals surface area contributed by atoms with Crippen molar-refractivity contribution >= 4 is 21.1 Å². The lowest BCUT2D eigenvalue weighted by atomic mass is 11.2. The largest absolute Gasteiger partial charge is 0.388 e. The zero-order chi connectivity index (χ0) is 5.54. The van der Waals surface area contributed by atoms with Gasteiger partial charge in [0, 0.05) is 13.3 Å². The fourth-order valence-electron chi connectivity index (χ4n) is 0.249. The summed E-state index contributed by atoms with van der Waals surface area (Å²) in [6.07, 6.45) is 0.892. The van der Waals surface area contributed by atoms with Crippen LogP contribution in [0, 0.1) is 0 Å². The van der Waals surface area contributed by atoms with Crippen LogP contribution in [0.3, 0.4) is 0 Å². The van der Waals surface area contributed by atoms with Gasteiger partial charge in [0.15, 0.2) is 0 Å². The van der Waals surface area contributed by atoms with Crippen LogP contribution >= 0.6 is 11.6 Å². The zero-order valence-corrected chi connectivity index (χ0v) is 6.53. The first-order valence-electron chi connectivity index (χ1n) is 2.16. The first-order chi connectivity index (χ1) is 3.41. The van der Waals surface area contributed by atoms with E-state index in [0.29, 0.717) is 0 Å². The normalized spacial score (nSPS) is 12.3. The Hall–Kier alpha value is 0.207. The number of hydrogen-bond donors (Lipinski definition) is 0. The summed E-state index contributed by atoms with van der Waals surface area (Å²) in [6, 6.07) is 0. The molecule has 0 aromatic rings. The van der Waals surface area contributed by atoms with E-state index in [1.807, 2.05) is 5.70 Å². The van der Waals surface area contributed by atoms with Crippen LogP contribution in [0.25, 0.3) is 0 Å². The van der Waals surface area contributed by atoms with Crippen LogP contribution in [0.2, 0.25) is 0 Å². The minimum Gasteiger partial charge on any atom is -0.388 e. The molecule has 0 saturated heterocycles. The van der Waals surface area contributed by atoms with E-state index in [1.54, 1.807) is 12.6 Å². The van der Waals surface area contributed by atoms with Gasteiger partial charge in [0.1, 0.15) is 0 Å². The van der Waals surface area contributed by atoms with Gasteiger partial charge in [-0.1, -0.05) is 17.3 Å². The fourth-order valence-corrected chi connectivity index (χ4v) is 1.12. The summed E-state index contributed by atoms with van der Waals surface area (Å²) in [6.45, 7) is 0. The van der Waals surface area contributed by atoms with Gasteiger partial charge in [0.2, 0.25) is 0 Å². The lowest BCUT2D eigenvalue weighted by Crippen LogP contribution is -1.95. The molecule has 0 heterocycles. The Labute approximate surface area is 51.1 Å². The Morgan fingerprint density at radius 3 is 3.00 bits per heavy atom. The van der Waals surface area contributed by atoms with E-state index in [-0.39, 0.29) is 9.52 Å². The van der Waals surface area contributed by atoms with Crippen molar-refractivity contribution in [2.45, 2.75) is 0 Å². The van der Waals surface area contributed by atoms with Crippen LogP contribution in [0.5, 0.6) is 0 Å². The molecule has 0 rings (SSSR count). The van der Waals surface area contributed by atoms with Crippen molar-refractivity contribution in [3.63, 3.8) is 0 Å². The highest BCUT2D eigenvalue weighted by Crippen LogP contribution is 1.74. The summed E-state index contributed by atoms with van der Waals surface area (Å²) in [7, 11) is 1.58. The number of ether oxygens (including phenoxy) is 1. The Morgan fingerprint density at radius 1 is 1.86 bits per heavy atom. The summed E-state index contributed by atoms with van der Waals surface area (Å²) in [5, 5.41) is 0. The molecule has 0 saturated carbocycles. The fraction of sp³-hybridized carbons (Fsp3) is 0.500. The Morgan fingerprint density at radius 2 is 2.57 bits per heavy atom. The van der Waals surface area contributed by atoms with Crippen molar-refractivity contribution in [2.75, 3.05) is 13.3 Å². The van der Waals surface area contributed by atoms with Crippen LogP contribution in [0.4, 0.5) is 0 Å². The van der Waals surface area contributed by atoms with Crippen LogP contribution in [-0.2, 0) is 4.74 Å². The van der Waals surface area contributed by atoms with Crippen LogP contribution in [0.15, 0.2) is 11.2 Å². The average Bonchev–Trinajstić information content (AvgIpc) is 1.69. The van der Waals surface area contributed by atoms with Crippen molar-refractivity contribution in [3.8, 4) is 0 Å². The maximum Gasteiger partial charge on any atom is 0.0768 e. The van der Waals surface area contributed by atoms with Crippen LogP contribution < -0.4 is 0 Å². The maximum atomic E-state index is 5.24. The summed E-state index contributed by atoms with van der Waals surface area (Å²) in [5.74, 6) is 0. The molecule has 0 N–H and O–H groups in total. The van der Waals surface area contributed by atoms with Gasteiger partial charge in [-0.15, -0.1) is 0 Å². The summed E-state index contributed by atoms with van der Waals surface area (Å²) in [4.78, 5) is 0. The molecule has 0 aliphatic heterocycles. The highest BCUT2D eigenvalue weighted by Gasteiger charge is 1.74. The zero-order valence-electron chi connectivity index (χ0n) is 4.36.